The predicted molar refractivity (Wildman–Crippen MR) is 74.7 cm³/mol. The molecule has 1 aliphatic heterocycles. The molecular weight excluding hydrogens is 224 g/mol. The number of likely N-dealkylation sites (tertiary alicyclic amines) is 1. The number of rotatable bonds is 6. The zero-order valence-electron chi connectivity index (χ0n) is 11.7. The van der Waals surface area contributed by atoms with Gasteiger partial charge in [-0.1, -0.05) is 6.92 Å². The van der Waals surface area contributed by atoms with Gasteiger partial charge in [-0.05, 0) is 38.9 Å². The molecule has 2 rings (SSSR count). The van der Waals surface area contributed by atoms with Crippen LogP contribution in [0, 0.1) is 0 Å². The second kappa shape index (κ2) is 6.90. The topological polar surface area (TPSA) is 33.1 Å². The Labute approximate surface area is 110 Å². The molecule has 1 aromatic heterocycles. The van der Waals surface area contributed by atoms with Gasteiger partial charge in [0.25, 0.3) is 0 Å². The maximum Gasteiger partial charge on any atom is 0.109 e. The highest BCUT2D eigenvalue weighted by Crippen LogP contribution is 2.11. The number of imidazole rings is 1. The Morgan fingerprint density at radius 2 is 2.17 bits per heavy atom. The molecule has 0 radical (unpaired) electrons. The number of aryl methyl sites for hydroxylation is 1. The van der Waals surface area contributed by atoms with Crippen molar-refractivity contribution in [2.24, 2.45) is 7.05 Å². The second-order valence-electron chi connectivity index (χ2n) is 5.27. The molecule has 1 saturated heterocycles. The van der Waals surface area contributed by atoms with Crippen molar-refractivity contribution in [2.75, 3.05) is 26.2 Å². The molecule has 0 spiro atoms. The summed E-state index contributed by atoms with van der Waals surface area (Å²) in [6.07, 6.45) is 8.80. The lowest BCUT2D eigenvalue weighted by Crippen LogP contribution is -2.43. The molecule has 1 fully saturated rings. The molecule has 0 amide bonds. The number of nitrogens with one attached hydrogen (secondary N) is 1. The van der Waals surface area contributed by atoms with E-state index in [0.29, 0.717) is 0 Å². The maximum atomic E-state index is 4.38. The van der Waals surface area contributed by atoms with Crippen molar-refractivity contribution in [1.29, 1.82) is 0 Å². The zero-order chi connectivity index (χ0) is 12.8. The van der Waals surface area contributed by atoms with E-state index in [1.165, 1.54) is 38.2 Å². The first-order valence-electron chi connectivity index (χ1n) is 7.21. The van der Waals surface area contributed by atoms with Crippen molar-refractivity contribution in [3.8, 4) is 0 Å². The van der Waals surface area contributed by atoms with Crippen molar-refractivity contribution in [3.63, 3.8) is 0 Å². The molecule has 0 unspecified atom stereocenters. The van der Waals surface area contributed by atoms with E-state index in [4.69, 9.17) is 0 Å². The Kier molecular flexibility index (Phi) is 5.20. The van der Waals surface area contributed by atoms with Crippen LogP contribution in [0.5, 0.6) is 0 Å². The number of aromatic nitrogens is 2. The third-order valence-corrected chi connectivity index (χ3v) is 3.84. The van der Waals surface area contributed by atoms with Gasteiger partial charge in [0.05, 0.1) is 0 Å². The Morgan fingerprint density at radius 3 is 2.78 bits per heavy atom. The number of hydrogen-bond acceptors (Lipinski definition) is 3. The molecule has 4 heteroatoms. The summed E-state index contributed by atoms with van der Waals surface area (Å²) in [6.45, 7) is 7.00. The standard InChI is InChI=1S/C14H26N4/c1-3-7-15-13-4-9-18(10-5-13)11-6-14-16-8-12-17(14)2/h8,12-13,15H,3-7,9-11H2,1-2H3. The Balaban J connectivity index is 1.66. The molecule has 1 N–H and O–H groups in total. The average Bonchev–Trinajstić information content (AvgIpc) is 2.81. The van der Waals surface area contributed by atoms with Gasteiger partial charge in [0.2, 0.25) is 0 Å². The van der Waals surface area contributed by atoms with Crippen molar-refractivity contribution in [3.05, 3.63) is 18.2 Å². The predicted octanol–water partition coefficient (Wildman–Crippen LogP) is 1.43. The second-order valence-corrected chi connectivity index (χ2v) is 5.27. The van der Waals surface area contributed by atoms with Crippen molar-refractivity contribution in [2.45, 2.75) is 38.6 Å². The summed E-state index contributed by atoms with van der Waals surface area (Å²) in [4.78, 5) is 6.95. The lowest BCUT2D eigenvalue weighted by Gasteiger charge is -2.32. The molecule has 4 nitrogen and oxygen atoms in total. The minimum absolute atomic E-state index is 0.745. The minimum atomic E-state index is 0.745. The van der Waals surface area contributed by atoms with Crippen LogP contribution in [0.1, 0.15) is 32.0 Å². The fourth-order valence-electron chi connectivity index (χ4n) is 2.60. The van der Waals surface area contributed by atoms with Crippen LogP contribution in [-0.4, -0.2) is 46.7 Å². The largest absolute Gasteiger partial charge is 0.338 e. The smallest absolute Gasteiger partial charge is 0.109 e. The third-order valence-electron chi connectivity index (χ3n) is 3.84. The SMILES string of the molecule is CCCNC1CCN(CCc2nccn2C)CC1. The summed E-state index contributed by atoms with van der Waals surface area (Å²) in [7, 11) is 2.07. The highest BCUT2D eigenvalue weighted by atomic mass is 15.1. The summed E-state index contributed by atoms with van der Waals surface area (Å²) in [5, 5.41) is 3.63. The number of hydrogen-bond donors (Lipinski definition) is 1. The van der Waals surface area contributed by atoms with Gasteiger partial charge >= 0.3 is 0 Å². The monoisotopic (exact) mass is 250 g/mol. The van der Waals surface area contributed by atoms with E-state index >= 15 is 0 Å². The highest BCUT2D eigenvalue weighted by molar-refractivity contribution is 4.92. The summed E-state index contributed by atoms with van der Waals surface area (Å²) in [6, 6.07) is 0.745. The van der Waals surface area contributed by atoms with Crippen LogP contribution in [0.15, 0.2) is 12.4 Å². The van der Waals surface area contributed by atoms with Crippen LogP contribution in [0.3, 0.4) is 0 Å². The summed E-state index contributed by atoms with van der Waals surface area (Å²) in [5.41, 5.74) is 0. The minimum Gasteiger partial charge on any atom is -0.338 e. The van der Waals surface area contributed by atoms with Crippen LogP contribution in [0.4, 0.5) is 0 Å². The van der Waals surface area contributed by atoms with Crippen LogP contribution >= 0.6 is 0 Å². The van der Waals surface area contributed by atoms with E-state index in [9.17, 15) is 0 Å². The Hall–Kier alpha value is -0.870. The summed E-state index contributed by atoms with van der Waals surface area (Å²) < 4.78 is 2.12. The Morgan fingerprint density at radius 1 is 1.39 bits per heavy atom. The molecule has 1 aromatic rings. The normalized spacial score (nSPS) is 18.3. The van der Waals surface area contributed by atoms with Gasteiger partial charge in [-0.15, -0.1) is 0 Å². The van der Waals surface area contributed by atoms with E-state index in [-0.39, 0.29) is 0 Å². The fourth-order valence-corrected chi connectivity index (χ4v) is 2.60. The summed E-state index contributed by atoms with van der Waals surface area (Å²) in [5.74, 6) is 1.20. The van der Waals surface area contributed by atoms with E-state index in [2.05, 4.69) is 33.7 Å². The first-order chi connectivity index (χ1) is 8.79. The van der Waals surface area contributed by atoms with Gasteiger partial charge in [-0.25, -0.2) is 4.98 Å². The van der Waals surface area contributed by atoms with Crippen molar-refractivity contribution >= 4 is 0 Å². The number of piperidine rings is 1. The lowest BCUT2D eigenvalue weighted by atomic mass is 10.0. The molecule has 102 valence electrons. The van der Waals surface area contributed by atoms with Gasteiger partial charge in [0.1, 0.15) is 5.82 Å². The molecule has 18 heavy (non-hydrogen) atoms. The highest BCUT2D eigenvalue weighted by Gasteiger charge is 2.18. The van der Waals surface area contributed by atoms with Crippen molar-refractivity contribution < 1.29 is 0 Å². The van der Waals surface area contributed by atoms with Crippen molar-refractivity contribution in [1.82, 2.24) is 19.8 Å². The molecule has 1 aliphatic rings. The van der Waals surface area contributed by atoms with Crippen LogP contribution < -0.4 is 5.32 Å². The van der Waals surface area contributed by atoms with E-state index < -0.39 is 0 Å². The summed E-state index contributed by atoms with van der Waals surface area (Å²) >= 11 is 0. The Bertz CT molecular complexity index is 339. The van der Waals surface area contributed by atoms with Gasteiger partial charge in [-0.3, -0.25) is 0 Å². The van der Waals surface area contributed by atoms with Gasteiger partial charge in [-0.2, -0.15) is 0 Å². The first-order valence-corrected chi connectivity index (χ1v) is 7.21. The third kappa shape index (κ3) is 3.82. The molecule has 0 aromatic carbocycles. The molecular formula is C14H26N4. The molecule has 0 saturated carbocycles. The average molecular weight is 250 g/mol. The van der Waals surface area contributed by atoms with E-state index in [0.717, 1.165) is 25.6 Å². The van der Waals surface area contributed by atoms with E-state index in [1.807, 2.05) is 12.4 Å². The van der Waals surface area contributed by atoms with Gasteiger partial charge in [0.15, 0.2) is 0 Å². The molecule has 2 heterocycles. The van der Waals surface area contributed by atoms with Crippen LogP contribution in [-0.2, 0) is 13.5 Å². The van der Waals surface area contributed by atoms with Crippen LogP contribution in [0.2, 0.25) is 0 Å². The van der Waals surface area contributed by atoms with Gasteiger partial charge < -0.3 is 14.8 Å². The maximum absolute atomic E-state index is 4.38. The number of nitrogens with zero attached hydrogens (tertiary/aromatic N) is 3. The quantitative estimate of drug-likeness (QED) is 0.829. The lowest BCUT2D eigenvalue weighted by molar-refractivity contribution is 0.199. The van der Waals surface area contributed by atoms with Crippen LogP contribution in [0.25, 0.3) is 0 Å². The van der Waals surface area contributed by atoms with E-state index in [1.54, 1.807) is 0 Å². The first kappa shape index (κ1) is 13.6. The van der Waals surface area contributed by atoms with Gasteiger partial charge in [0, 0.05) is 38.4 Å². The fraction of sp³-hybridized carbons (Fsp3) is 0.786. The molecule has 0 atom stereocenters. The zero-order valence-corrected chi connectivity index (χ0v) is 11.7. The molecule has 0 aliphatic carbocycles. The molecule has 0 bridgehead atoms.